The number of hydrogen-bond donors (Lipinski definition) is 1. The zero-order valence-corrected chi connectivity index (χ0v) is 13.2. The van der Waals surface area contributed by atoms with E-state index < -0.39 is 0 Å². The highest BCUT2D eigenvalue weighted by Gasteiger charge is 2.35. The quantitative estimate of drug-likeness (QED) is 0.845. The molecule has 0 aromatic heterocycles. The molecule has 0 spiro atoms. The summed E-state index contributed by atoms with van der Waals surface area (Å²) in [6.45, 7) is 5.03. The predicted octanol–water partition coefficient (Wildman–Crippen LogP) is 3.12. The van der Waals surface area contributed by atoms with Gasteiger partial charge in [0.1, 0.15) is 0 Å². The van der Waals surface area contributed by atoms with Crippen molar-refractivity contribution in [2.75, 3.05) is 26.4 Å². The van der Waals surface area contributed by atoms with E-state index in [1.807, 2.05) is 0 Å². The number of rotatable bonds is 4. The Labute approximate surface area is 117 Å². The normalized spacial score (nSPS) is 33.5. The minimum atomic E-state index is 0.568. The van der Waals surface area contributed by atoms with Crippen molar-refractivity contribution < 1.29 is 0 Å². The number of thioether (sulfide) groups is 1. The lowest BCUT2D eigenvalue weighted by molar-refractivity contribution is 0.117. The van der Waals surface area contributed by atoms with E-state index in [1.54, 1.807) is 0 Å². The molecule has 2 rings (SSSR count). The summed E-state index contributed by atoms with van der Waals surface area (Å²) >= 11 is 2.14. The molecule has 0 radical (unpaired) electrons. The van der Waals surface area contributed by atoms with Gasteiger partial charge in [-0.1, -0.05) is 19.3 Å². The van der Waals surface area contributed by atoms with Crippen LogP contribution in [-0.4, -0.2) is 48.1 Å². The molecule has 1 saturated heterocycles. The van der Waals surface area contributed by atoms with Crippen molar-refractivity contribution in [3.05, 3.63) is 0 Å². The Morgan fingerprint density at radius 3 is 2.56 bits per heavy atom. The average Bonchev–Trinajstić information content (AvgIpc) is 2.42. The lowest BCUT2D eigenvalue weighted by Gasteiger charge is -2.45. The van der Waals surface area contributed by atoms with Gasteiger partial charge in [0.15, 0.2) is 0 Å². The highest BCUT2D eigenvalue weighted by Crippen LogP contribution is 2.40. The van der Waals surface area contributed by atoms with Gasteiger partial charge in [0, 0.05) is 23.4 Å². The molecule has 1 heterocycles. The highest BCUT2D eigenvalue weighted by molar-refractivity contribution is 8.00. The number of likely N-dealkylation sites (tertiary alicyclic amines) is 1. The lowest BCUT2D eigenvalue weighted by atomic mass is 9.86. The lowest BCUT2D eigenvalue weighted by Crippen LogP contribution is -2.51. The van der Waals surface area contributed by atoms with Crippen LogP contribution < -0.4 is 5.32 Å². The first kappa shape index (κ1) is 14.7. The van der Waals surface area contributed by atoms with Gasteiger partial charge < -0.3 is 5.32 Å². The zero-order chi connectivity index (χ0) is 13.0. The van der Waals surface area contributed by atoms with E-state index in [2.05, 4.69) is 42.2 Å². The topological polar surface area (TPSA) is 15.3 Å². The van der Waals surface area contributed by atoms with E-state index in [1.165, 1.54) is 58.0 Å². The first-order valence-corrected chi connectivity index (χ1v) is 8.88. The van der Waals surface area contributed by atoms with Gasteiger partial charge in [-0.05, 0) is 52.5 Å². The van der Waals surface area contributed by atoms with Crippen molar-refractivity contribution in [2.45, 2.75) is 68.7 Å². The summed E-state index contributed by atoms with van der Waals surface area (Å²) in [6, 6.07) is 1.50. The molecule has 0 aromatic rings. The first-order valence-electron chi connectivity index (χ1n) is 7.65. The molecular formula is C15H30N2S. The molecule has 1 aliphatic heterocycles. The SMILES string of the molecule is CNC1CCN(CC2(SC)CCCCC2)C(C)C1. The Morgan fingerprint density at radius 1 is 1.28 bits per heavy atom. The summed E-state index contributed by atoms with van der Waals surface area (Å²) in [5.41, 5.74) is 0. The van der Waals surface area contributed by atoms with Gasteiger partial charge in [0.2, 0.25) is 0 Å². The van der Waals surface area contributed by atoms with Gasteiger partial charge in [0.05, 0.1) is 0 Å². The van der Waals surface area contributed by atoms with Crippen LogP contribution in [0.15, 0.2) is 0 Å². The molecule has 2 unspecified atom stereocenters. The van der Waals surface area contributed by atoms with Crippen molar-refractivity contribution in [3.63, 3.8) is 0 Å². The Hall–Kier alpha value is 0.270. The molecule has 2 fully saturated rings. The molecule has 1 saturated carbocycles. The fourth-order valence-electron chi connectivity index (χ4n) is 3.71. The fourth-order valence-corrected chi connectivity index (χ4v) is 4.70. The monoisotopic (exact) mass is 270 g/mol. The van der Waals surface area contributed by atoms with E-state index in [-0.39, 0.29) is 0 Å². The summed E-state index contributed by atoms with van der Waals surface area (Å²) in [5.74, 6) is 0. The smallest absolute Gasteiger partial charge is 0.0284 e. The van der Waals surface area contributed by atoms with Crippen molar-refractivity contribution in [1.29, 1.82) is 0 Å². The van der Waals surface area contributed by atoms with Crippen molar-refractivity contribution >= 4 is 11.8 Å². The molecule has 0 bridgehead atoms. The maximum atomic E-state index is 3.45. The third kappa shape index (κ3) is 3.43. The van der Waals surface area contributed by atoms with Gasteiger partial charge in [-0.2, -0.15) is 11.8 Å². The Morgan fingerprint density at radius 2 is 2.00 bits per heavy atom. The minimum Gasteiger partial charge on any atom is -0.317 e. The summed E-state index contributed by atoms with van der Waals surface area (Å²) in [6.07, 6.45) is 12.2. The third-order valence-corrected chi connectivity index (χ3v) is 6.51. The van der Waals surface area contributed by atoms with Gasteiger partial charge >= 0.3 is 0 Å². The molecule has 3 heteroatoms. The van der Waals surface area contributed by atoms with Crippen LogP contribution in [0.3, 0.4) is 0 Å². The van der Waals surface area contributed by atoms with Crippen LogP contribution in [0.4, 0.5) is 0 Å². The van der Waals surface area contributed by atoms with Gasteiger partial charge in [0.25, 0.3) is 0 Å². The van der Waals surface area contributed by atoms with E-state index >= 15 is 0 Å². The van der Waals surface area contributed by atoms with Crippen LogP contribution in [-0.2, 0) is 0 Å². The maximum absolute atomic E-state index is 3.45. The van der Waals surface area contributed by atoms with Gasteiger partial charge in [-0.3, -0.25) is 4.90 Å². The van der Waals surface area contributed by atoms with Crippen LogP contribution in [0.1, 0.15) is 51.9 Å². The second kappa shape index (κ2) is 6.62. The van der Waals surface area contributed by atoms with Crippen molar-refractivity contribution in [3.8, 4) is 0 Å². The molecule has 2 atom stereocenters. The van der Waals surface area contributed by atoms with E-state index in [0.717, 1.165) is 12.1 Å². The molecule has 18 heavy (non-hydrogen) atoms. The molecule has 2 nitrogen and oxygen atoms in total. The number of piperidine rings is 1. The maximum Gasteiger partial charge on any atom is 0.0284 e. The van der Waals surface area contributed by atoms with Gasteiger partial charge in [-0.15, -0.1) is 0 Å². The number of nitrogens with one attached hydrogen (secondary N) is 1. The zero-order valence-electron chi connectivity index (χ0n) is 12.4. The standard InChI is InChI=1S/C15H30N2S/c1-13-11-14(16-2)7-10-17(13)12-15(18-3)8-5-4-6-9-15/h13-14,16H,4-12H2,1-3H3. The molecule has 1 N–H and O–H groups in total. The van der Waals surface area contributed by atoms with E-state index in [9.17, 15) is 0 Å². The molecule has 0 amide bonds. The molecule has 1 aliphatic carbocycles. The van der Waals surface area contributed by atoms with Crippen LogP contribution >= 0.6 is 11.8 Å². The first-order chi connectivity index (χ1) is 8.69. The van der Waals surface area contributed by atoms with Crippen LogP contribution in [0.25, 0.3) is 0 Å². The second-order valence-electron chi connectivity index (χ2n) is 6.28. The number of hydrogen-bond acceptors (Lipinski definition) is 3. The molecule has 2 aliphatic rings. The second-order valence-corrected chi connectivity index (χ2v) is 7.55. The molecular weight excluding hydrogens is 240 g/mol. The predicted molar refractivity (Wildman–Crippen MR) is 82.4 cm³/mol. The Balaban J connectivity index is 1.91. The van der Waals surface area contributed by atoms with E-state index in [4.69, 9.17) is 0 Å². The summed E-state index contributed by atoms with van der Waals surface area (Å²) < 4.78 is 0.568. The highest BCUT2D eigenvalue weighted by atomic mass is 32.2. The van der Waals surface area contributed by atoms with Crippen LogP contribution in [0.2, 0.25) is 0 Å². The van der Waals surface area contributed by atoms with Crippen LogP contribution in [0.5, 0.6) is 0 Å². The van der Waals surface area contributed by atoms with Crippen LogP contribution in [0, 0.1) is 0 Å². The summed E-state index contributed by atoms with van der Waals surface area (Å²) in [4.78, 5) is 2.76. The Bertz CT molecular complexity index is 251. The Kier molecular flexibility index (Phi) is 5.40. The molecule has 0 aromatic carbocycles. The largest absolute Gasteiger partial charge is 0.317 e. The third-order valence-electron chi connectivity index (χ3n) is 5.11. The summed E-state index contributed by atoms with van der Waals surface area (Å²) in [5, 5.41) is 3.45. The van der Waals surface area contributed by atoms with Gasteiger partial charge in [-0.25, -0.2) is 0 Å². The number of nitrogens with zero attached hydrogens (tertiary/aromatic N) is 1. The van der Waals surface area contributed by atoms with E-state index in [0.29, 0.717) is 4.75 Å². The average molecular weight is 270 g/mol. The fraction of sp³-hybridized carbons (Fsp3) is 1.00. The van der Waals surface area contributed by atoms with Crippen molar-refractivity contribution in [1.82, 2.24) is 10.2 Å². The summed E-state index contributed by atoms with van der Waals surface area (Å²) in [7, 11) is 2.11. The molecule has 106 valence electrons. The van der Waals surface area contributed by atoms with Crippen molar-refractivity contribution in [2.24, 2.45) is 0 Å². The minimum absolute atomic E-state index is 0.568.